The van der Waals surface area contributed by atoms with Crippen LogP contribution in [0.2, 0.25) is 0 Å². The van der Waals surface area contributed by atoms with Crippen molar-refractivity contribution in [1.82, 2.24) is 10.2 Å². The first-order valence-electron chi connectivity index (χ1n) is 7.25. The van der Waals surface area contributed by atoms with Gasteiger partial charge in [0.25, 0.3) is 0 Å². The van der Waals surface area contributed by atoms with Gasteiger partial charge in [-0.25, -0.2) is 0 Å². The fraction of sp³-hybridized carbons (Fsp3) is 0.500. The number of rotatable bonds is 6. The predicted octanol–water partition coefficient (Wildman–Crippen LogP) is 1.72. The van der Waals surface area contributed by atoms with Crippen LogP contribution in [0.5, 0.6) is 0 Å². The average molecular weight is 271 g/mol. The molecule has 1 N–H and O–H groups in total. The van der Waals surface area contributed by atoms with E-state index in [-0.39, 0.29) is 11.9 Å². The lowest BCUT2D eigenvalue weighted by molar-refractivity contribution is -0.130. The van der Waals surface area contributed by atoms with E-state index in [1.165, 1.54) is 5.56 Å². The molecule has 2 rings (SSSR count). The number of likely N-dealkylation sites (tertiary alicyclic amines) is 1. The number of amides is 1. The highest BCUT2D eigenvalue weighted by Gasteiger charge is 2.27. The SMILES string of the molecule is N#C[C@@H]1CCCN1C(=O)CNCCCc1ccccc1. The Hall–Kier alpha value is -1.86. The first kappa shape index (κ1) is 14.5. The highest BCUT2D eigenvalue weighted by molar-refractivity contribution is 5.79. The third-order valence-corrected chi connectivity index (χ3v) is 3.66. The van der Waals surface area contributed by atoms with Crippen LogP contribution in [0.4, 0.5) is 0 Å². The van der Waals surface area contributed by atoms with E-state index in [4.69, 9.17) is 5.26 Å². The number of nitrogens with one attached hydrogen (secondary N) is 1. The molecular formula is C16H21N3O. The largest absolute Gasteiger partial charge is 0.326 e. The lowest BCUT2D eigenvalue weighted by Crippen LogP contribution is -2.40. The second-order valence-electron chi connectivity index (χ2n) is 5.14. The minimum atomic E-state index is -0.214. The van der Waals surface area contributed by atoms with Gasteiger partial charge in [-0.3, -0.25) is 4.79 Å². The molecule has 0 saturated carbocycles. The molecule has 1 atom stereocenters. The summed E-state index contributed by atoms with van der Waals surface area (Å²) in [5.74, 6) is 0.0498. The molecule has 0 aliphatic carbocycles. The zero-order valence-corrected chi connectivity index (χ0v) is 11.7. The van der Waals surface area contributed by atoms with Crippen molar-refractivity contribution in [3.05, 3.63) is 35.9 Å². The molecule has 4 heteroatoms. The normalized spacial score (nSPS) is 17.9. The molecule has 1 aliphatic rings. The predicted molar refractivity (Wildman–Crippen MR) is 78.0 cm³/mol. The number of nitrogens with zero attached hydrogens (tertiary/aromatic N) is 2. The van der Waals surface area contributed by atoms with Crippen LogP contribution in [0.15, 0.2) is 30.3 Å². The van der Waals surface area contributed by atoms with E-state index >= 15 is 0 Å². The molecule has 0 aromatic heterocycles. The fourth-order valence-corrected chi connectivity index (χ4v) is 2.56. The molecule has 0 spiro atoms. The molecule has 1 aliphatic heterocycles. The van der Waals surface area contributed by atoms with Crippen molar-refractivity contribution >= 4 is 5.91 Å². The molecule has 1 saturated heterocycles. The molecule has 106 valence electrons. The van der Waals surface area contributed by atoms with Gasteiger partial charge >= 0.3 is 0 Å². The van der Waals surface area contributed by atoms with Crippen LogP contribution >= 0.6 is 0 Å². The van der Waals surface area contributed by atoms with Gasteiger partial charge < -0.3 is 10.2 Å². The number of carbonyl (C=O) groups excluding carboxylic acids is 1. The van der Waals surface area contributed by atoms with E-state index in [0.717, 1.165) is 38.8 Å². The molecule has 1 amide bonds. The Morgan fingerprint density at radius 3 is 2.95 bits per heavy atom. The Kier molecular flexibility index (Phi) is 5.57. The van der Waals surface area contributed by atoms with Crippen LogP contribution in [0.25, 0.3) is 0 Å². The summed E-state index contributed by atoms with van der Waals surface area (Å²) in [4.78, 5) is 13.7. The number of aryl methyl sites for hydroxylation is 1. The van der Waals surface area contributed by atoms with Gasteiger partial charge in [0.05, 0.1) is 12.6 Å². The van der Waals surface area contributed by atoms with Crippen LogP contribution in [0.3, 0.4) is 0 Å². The van der Waals surface area contributed by atoms with Crippen LogP contribution in [0.1, 0.15) is 24.8 Å². The number of nitriles is 1. The Bertz CT molecular complexity index is 466. The third kappa shape index (κ3) is 4.07. The number of benzene rings is 1. The molecular weight excluding hydrogens is 250 g/mol. The van der Waals surface area contributed by atoms with Gasteiger partial charge in [-0.15, -0.1) is 0 Å². The van der Waals surface area contributed by atoms with E-state index in [2.05, 4.69) is 23.5 Å². The lowest BCUT2D eigenvalue weighted by Gasteiger charge is -2.19. The van der Waals surface area contributed by atoms with E-state index < -0.39 is 0 Å². The van der Waals surface area contributed by atoms with Gasteiger partial charge in [0.15, 0.2) is 0 Å². The van der Waals surface area contributed by atoms with Crippen molar-refractivity contribution in [2.45, 2.75) is 31.7 Å². The van der Waals surface area contributed by atoms with Crippen LogP contribution < -0.4 is 5.32 Å². The smallest absolute Gasteiger partial charge is 0.237 e. The highest BCUT2D eigenvalue weighted by atomic mass is 16.2. The van der Waals surface area contributed by atoms with E-state index in [0.29, 0.717) is 6.54 Å². The molecule has 1 heterocycles. The van der Waals surface area contributed by atoms with Crippen LogP contribution in [-0.2, 0) is 11.2 Å². The lowest BCUT2D eigenvalue weighted by atomic mass is 10.1. The van der Waals surface area contributed by atoms with Crippen molar-refractivity contribution in [2.24, 2.45) is 0 Å². The molecule has 20 heavy (non-hydrogen) atoms. The van der Waals surface area contributed by atoms with Crippen molar-refractivity contribution < 1.29 is 4.79 Å². The quantitative estimate of drug-likeness (QED) is 0.802. The Morgan fingerprint density at radius 1 is 1.40 bits per heavy atom. The summed E-state index contributed by atoms with van der Waals surface area (Å²) in [5, 5.41) is 12.1. The standard InChI is InChI=1S/C16H21N3O/c17-12-15-9-5-11-19(15)16(20)13-18-10-4-8-14-6-2-1-3-7-14/h1-3,6-7,15,18H,4-5,8-11,13H2/t15-/m0/s1. The summed E-state index contributed by atoms with van der Waals surface area (Å²) >= 11 is 0. The van der Waals surface area contributed by atoms with Gasteiger partial charge in [0.1, 0.15) is 6.04 Å². The average Bonchev–Trinajstić information content (AvgIpc) is 2.96. The first-order valence-corrected chi connectivity index (χ1v) is 7.25. The second kappa shape index (κ2) is 7.66. The monoisotopic (exact) mass is 271 g/mol. The molecule has 0 radical (unpaired) electrons. The summed E-state index contributed by atoms with van der Waals surface area (Å²) in [6.07, 6.45) is 3.79. The molecule has 0 unspecified atom stereocenters. The number of carbonyl (C=O) groups is 1. The van der Waals surface area contributed by atoms with Gasteiger partial charge in [0, 0.05) is 6.54 Å². The maximum Gasteiger partial charge on any atom is 0.237 e. The zero-order valence-electron chi connectivity index (χ0n) is 11.7. The fourth-order valence-electron chi connectivity index (χ4n) is 2.56. The van der Waals surface area contributed by atoms with Crippen molar-refractivity contribution in [1.29, 1.82) is 5.26 Å². The van der Waals surface area contributed by atoms with Gasteiger partial charge in [-0.2, -0.15) is 5.26 Å². The second-order valence-corrected chi connectivity index (χ2v) is 5.14. The maximum absolute atomic E-state index is 12.0. The Morgan fingerprint density at radius 2 is 2.20 bits per heavy atom. The number of hydrogen-bond donors (Lipinski definition) is 1. The maximum atomic E-state index is 12.0. The van der Waals surface area contributed by atoms with E-state index in [9.17, 15) is 4.79 Å². The minimum Gasteiger partial charge on any atom is -0.326 e. The summed E-state index contributed by atoms with van der Waals surface area (Å²) in [5.41, 5.74) is 1.32. The summed E-state index contributed by atoms with van der Waals surface area (Å²) in [7, 11) is 0. The van der Waals surface area contributed by atoms with E-state index in [1.807, 2.05) is 18.2 Å². The number of hydrogen-bond acceptors (Lipinski definition) is 3. The Labute approximate surface area is 120 Å². The van der Waals surface area contributed by atoms with Gasteiger partial charge in [-0.1, -0.05) is 30.3 Å². The van der Waals surface area contributed by atoms with Crippen molar-refractivity contribution in [3.8, 4) is 6.07 Å². The summed E-state index contributed by atoms with van der Waals surface area (Å²) < 4.78 is 0. The zero-order chi connectivity index (χ0) is 14.2. The highest BCUT2D eigenvalue weighted by Crippen LogP contribution is 2.15. The minimum absolute atomic E-state index is 0.0498. The third-order valence-electron chi connectivity index (χ3n) is 3.66. The summed E-state index contributed by atoms with van der Waals surface area (Å²) in [6, 6.07) is 12.3. The summed E-state index contributed by atoms with van der Waals surface area (Å²) in [6.45, 7) is 1.89. The molecule has 1 aromatic rings. The first-order chi connectivity index (χ1) is 9.81. The molecule has 1 fully saturated rings. The van der Waals surface area contributed by atoms with Crippen molar-refractivity contribution in [2.75, 3.05) is 19.6 Å². The topological polar surface area (TPSA) is 56.1 Å². The Balaban J connectivity index is 1.61. The van der Waals surface area contributed by atoms with Crippen LogP contribution in [-0.4, -0.2) is 36.5 Å². The van der Waals surface area contributed by atoms with Crippen molar-refractivity contribution in [3.63, 3.8) is 0 Å². The van der Waals surface area contributed by atoms with Gasteiger partial charge in [0.2, 0.25) is 5.91 Å². The molecule has 4 nitrogen and oxygen atoms in total. The van der Waals surface area contributed by atoms with Crippen LogP contribution in [0, 0.1) is 11.3 Å². The molecule has 1 aromatic carbocycles. The molecule has 0 bridgehead atoms. The van der Waals surface area contributed by atoms with Gasteiger partial charge in [-0.05, 0) is 37.8 Å². The van der Waals surface area contributed by atoms with E-state index in [1.54, 1.807) is 4.90 Å².